The fourth-order valence-corrected chi connectivity index (χ4v) is 4.25. The van der Waals surface area contributed by atoms with E-state index in [9.17, 15) is 4.79 Å². The second-order valence-electron chi connectivity index (χ2n) is 9.28. The third-order valence-electron chi connectivity index (χ3n) is 6.32. The van der Waals surface area contributed by atoms with E-state index in [1.165, 1.54) is 77.0 Å². The number of para-hydroxylation sites is 1. The third-order valence-corrected chi connectivity index (χ3v) is 6.32. The molecule has 0 spiro atoms. The first kappa shape index (κ1) is 27.2. The van der Waals surface area contributed by atoms with Crippen LogP contribution in [0.15, 0.2) is 42.6 Å². The average Bonchev–Trinajstić information content (AvgIpc) is 3.23. The Morgan fingerprint density at radius 3 is 2.21 bits per heavy atom. The number of unbranched alkanes of at least 4 members (excludes halogenated alkanes) is 12. The van der Waals surface area contributed by atoms with Gasteiger partial charge < -0.3 is 15.5 Å². The third kappa shape index (κ3) is 11.6. The molecule has 1 unspecified atom stereocenters. The summed E-state index contributed by atoms with van der Waals surface area (Å²) in [5.74, 6) is -0.298. The Balaban J connectivity index is 1.40. The van der Waals surface area contributed by atoms with E-state index < -0.39 is 6.04 Å². The number of aromatic amines is 1. The number of nitrogens with one attached hydrogen (secondary N) is 1. The molecule has 0 amide bonds. The summed E-state index contributed by atoms with van der Waals surface area (Å²) >= 11 is 0. The van der Waals surface area contributed by atoms with Crippen LogP contribution in [-0.4, -0.2) is 23.6 Å². The lowest BCUT2D eigenvalue weighted by atomic mass is 10.1. The van der Waals surface area contributed by atoms with E-state index in [0.717, 1.165) is 29.3 Å². The zero-order valence-electron chi connectivity index (χ0n) is 20.8. The van der Waals surface area contributed by atoms with Gasteiger partial charge in [-0.2, -0.15) is 0 Å². The molecule has 2 aromatic rings. The number of benzene rings is 1. The number of carbonyl (C=O) groups is 1. The maximum atomic E-state index is 12.2. The predicted octanol–water partition coefficient (Wildman–Crippen LogP) is 7.62. The summed E-state index contributed by atoms with van der Waals surface area (Å²) in [7, 11) is 0. The van der Waals surface area contributed by atoms with Gasteiger partial charge in [0, 0.05) is 23.5 Å². The van der Waals surface area contributed by atoms with Crippen LogP contribution in [0.4, 0.5) is 0 Å². The Morgan fingerprint density at radius 2 is 1.52 bits per heavy atom. The van der Waals surface area contributed by atoms with E-state index in [1.807, 2.05) is 30.5 Å². The van der Waals surface area contributed by atoms with Gasteiger partial charge in [-0.15, -0.1) is 0 Å². The van der Waals surface area contributed by atoms with Crippen LogP contribution in [-0.2, 0) is 16.0 Å². The summed E-state index contributed by atoms with van der Waals surface area (Å²) < 4.78 is 5.40. The SMILES string of the molecule is CCCCCCCC/C=C/CCCCCCCCOC(=O)C(N)Cc1c[nH]c2ccccc12. The second-order valence-corrected chi connectivity index (χ2v) is 9.28. The minimum atomic E-state index is -0.613. The smallest absolute Gasteiger partial charge is 0.323 e. The lowest BCUT2D eigenvalue weighted by Crippen LogP contribution is -2.34. The van der Waals surface area contributed by atoms with Crippen LogP contribution in [0.5, 0.6) is 0 Å². The first-order chi connectivity index (χ1) is 16.2. The number of H-pyrrole nitrogens is 1. The molecule has 1 atom stereocenters. The number of hydrogen-bond acceptors (Lipinski definition) is 3. The summed E-state index contributed by atoms with van der Waals surface area (Å²) in [6, 6.07) is 7.45. The maximum Gasteiger partial charge on any atom is 0.323 e. The van der Waals surface area contributed by atoms with Gasteiger partial charge in [0.15, 0.2) is 0 Å². The molecule has 184 valence electrons. The van der Waals surface area contributed by atoms with Gasteiger partial charge >= 0.3 is 5.97 Å². The molecule has 4 nitrogen and oxygen atoms in total. The highest BCUT2D eigenvalue weighted by atomic mass is 16.5. The molecular weight excluding hydrogens is 408 g/mol. The van der Waals surface area contributed by atoms with E-state index in [4.69, 9.17) is 10.5 Å². The van der Waals surface area contributed by atoms with Crippen molar-refractivity contribution in [3.05, 3.63) is 48.2 Å². The predicted molar refractivity (Wildman–Crippen MR) is 140 cm³/mol. The summed E-state index contributed by atoms with van der Waals surface area (Å²) in [5, 5.41) is 1.12. The molecule has 2 rings (SSSR count). The number of ether oxygens (including phenoxy) is 1. The molecule has 0 radical (unpaired) electrons. The van der Waals surface area contributed by atoms with Crippen LogP contribution in [0.25, 0.3) is 10.9 Å². The van der Waals surface area contributed by atoms with Crippen molar-refractivity contribution in [2.75, 3.05) is 6.61 Å². The lowest BCUT2D eigenvalue weighted by molar-refractivity contribution is -0.145. The zero-order valence-corrected chi connectivity index (χ0v) is 20.8. The number of nitrogens with two attached hydrogens (primary N) is 1. The van der Waals surface area contributed by atoms with Crippen molar-refractivity contribution in [1.82, 2.24) is 4.98 Å². The van der Waals surface area contributed by atoms with Crippen molar-refractivity contribution >= 4 is 16.9 Å². The molecule has 0 fully saturated rings. The summed E-state index contributed by atoms with van der Waals surface area (Å²) in [4.78, 5) is 15.4. The van der Waals surface area contributed by atoms with Crippen LogP contribution >= 0.6 is 0 Å². The molecule has 0 aliphatic heterocycles. The summed E-state index contributed by atoms with van der Waals surface area (Å²) in [5.41, 5.74) is 8.21. The van der Waals surface area contributed by atoms with Gasteiger partial charge in [0.1, 0.15) is 6.04 Å². The topological polar surface area (TPSA) is 68.1 Å². The van der Waals surface area contributed by atoms with Crippen molar-refractivity contribution in [2.24, 2.45) is 5.73 Å². The number of rotatable bonds is 19. The van der Waals surface area contributed by atoms with E-state index in [2.05, 4.69) is 24.1 Å². The van der Waals surface area contributed by atoms with Gasteiger partial charge in [-0.25, -0.2) is 0 Å². The average molecular weight is 455 g/mol. The number of allylic oxidation sites excluding steroid dienone is 2. The van der Waals surface area contributed by atoms with Gasteiger partial charge in [0.25, 0.3) is 0 Å². The van der Waals surface area contributed by atoms with E-state index >= 15 is 0 Å². The van der Waals surface area contributed by atoms with Gasteiger partial charge in [-0.1, -0.05) is 95.1 Å². The Morgan fingerprint density at radius 1 is 0.909 bits per heavy atom. The van der Waals surface area contributed by atoms with Crippen LogP contribution in [0, 0.1) is 0 Å². The van der Waals surface area contributed by atoms with E-state index in [1.54, 1.807) is 0 Å². The molecule has 4 heteroatoms. The van der Waals surface area contributed by atoms with Gasteiger partial charge in [0.05, 0.1) is 6.61 Å². The van der Waals surface area contributed by atoms with E-state index in [0.29, 0.717) is 13.0 Å². The van der Waals surface area contributed by atoms with Crippen molar-refractivity contribution in [1.29, 1.82) is 0 Å². The van der Waals surface area contributed by atoms with Crippen LogP contribution in [0.2, 0.25) is 0 Å². The first-order valence-corrected chi connectivity index (χ1v) is 13.3. The molecule has 1 aromatic carbocycles. The first-order valence-electron chi connectivity index (χ1n) is 13.3. The standard InChI is InChI=1S/C29H46N2O2/c1-2-3-4-5-6-7-8-9-10-11-12-13-14-15-16-19-22-33-29(32)27(30)23-25-24-31-28-21-18-17-20-26(25)28/h9-10,17-18,20-21,24,27,31H,2-8,11-16,19,22-23,30H2,1H3/b10-9+. The molecule has 0 saturated heterocycles. The van der Waals surface area contributed by atoms with Gasteiger partial charge in [-0.3, -0.25) is 4.79 Å². The Labute approximate surface area is 201 Å². The number of aromatic nitrogens is 1. The minimum Gasteiger partial charge on any atom is -0.465 e. The van der Waals surface area contributed by atoms with Crippen LogP contribution in [0.3, 0.4) is 0 Å². The molecule has 1 aromatic heterocycles. The Bertz CT molecular complexity index is 796. The van der Waals surface area contributed by atoms with Crippen molar-refractivity contribution in [3.63, 3.8) is 0 Å². The monoisotopic (exact) mass is 454 g/mol. The highest BCUT2D eigenvalue weighted by Gasteiger charge is 2.17. The Kier molecular flexibility index (Phi) is 14.3. The fourth-order valence-electron chi connectivity index (χ4n) is 4.25. The fraction of sp³-hybridized carbons (Fsp3) is 0.621. The molecule has 0 bridgehead atoms. The van der Waals surface area contributed by atoms with Gasteiger partial charge in [-0.05, 0) is 43.7 Å². The number of fused-ring (bicyclic) bond motifs is 1. The summed E-state index contributed by atoms with van der Waals surface area (Å²) in [6.07, 6.45) is 25.0. The molecule has 33 heavy (non-hydrogen) atoms. The molecule has 3 N–H and O–H groups in total. The van der Waals surface area contributed by atoms with E-state index in [-0.39, 0.29) is 5.97 Å². The largest absolute Gasteiger partial charge is 0.465 e. The molecule has 0 saturated carbocycles. The lowest BCUT2D eigenvalue weighted by Gasteiger charge is -2.11. The Hall–Kier alpha value is -2.07. The summed E-state index contributed by atoms with van der Waals surface area (Å²) in [6.45, 7) is 2.74. The van der Waals surface area contributed by atoms with Crippen molar-refractivity contribution in [3.8, 4) is 0 Å². The van der Waals surface area contributed by atoms with Crippen LogP contribution in [0.1, 0.15) is 102 Å². The van der Waals surface area contributed by atoms with Crippen molar-refractivity contribution in [2.45, 2.75) is 109 Å². The number of hydrogen-bond donors (Lipinski definition) is 2. The minimum absolute atomic E-state index is 0.298. The maximum absolute atomic E-state index is 12.2. The number of carbonyl (C=O) groups excluding carboxylic acids is 1. The molecule has 0 aliphatic carbocycles. The normalized spacial score (nSPS) is 12.5. The zero-order chi connectivity index (χ0) is 23.6. The number of esters is 1. The molecule has 0 aliphatic rings. The molecular formula is C29H46N2O2. The molecule has 1 heterocycles. The quantitative estimate of drug-likeness (QED) is 0.130. The second kappa shape index (κ2) is 17.4. The van der Waals surface area contributed by atoms with Crippen molar-refractivity contribution < 1.29 is 9.53 Å². The highest BCUT2D eigenvalue weighted by Crippen LogP contribution is 2.19. The highest BCUT2D eigenvalue weighted by molar-refractivity contribution is 5.84. The van der Waals surface area contributed by atoms with Crippen LogP contribution < -0.4 is 5.73 Å². The van der Waals surface area contributed by atoms with Gasteiger partial charge in [0.2, 0.25) is 0 Å².